The maximum Gasteiger partial charge on any atom is 0.267 e. The van der Waals surface area contributed by atoms with Crippen molar-refractivity contribution in [2.24, 2.45) is 0 Å². The Labute approximate surface area is 182 Å². The van der Waals surface area contributed by atoms with E-state index >= 15 is 0 Å². The molecule has 1 aliphatic heterocycles. The Morgan fingerprint density at radius 1 is 0.903 bits per heavy atom. The van der Waals surface area contributed by atoms with Crippen molar-refractivity contribution in [2.75, 3.05) is 16.2 Å². The molecule has 0 saturated carbocycles. The molecule has 1 heterocycles. The molecule has 1 N–H and O–H groups in total. The average Bonchev–Trinajstić information content (AvgIpc) is 2.74. The number of amides is 1. The number of carbonyl (C=O) groups is 1. The molecular formula is C24H24N2O4S. The molecule has 1 unspecified atom stereocenters. The Balaban J connectivity index is 1.69. The van der Waals surface area contributed by atoms with Crippen molar-refractivity contribution in [3.05, 3.63) is 83.4 Å². The molecule has 3 aromatic carbocycles. The van der Waals surface area contributed by atoms with E-state index in [1.807, 2.05) is 39.0 Å². The third-order valence-electron chi connectivity index (χ3n) is 5.21. The minimum atomic E-state index is -3.88. The van der Waals surface area contributed by atoms with Crippen LogP contribution >= 0.6 is 0 Å². The van der Waals surface area contributed by atoms with Gasteiger partial charge >= 0.3 is 0 Å². The van der Waals surface area contributed by atoms with Gasteiger partial charge in [0.25, 0.3) is 15.9 Å². The van der Waals surface area contributed by atoms with Gasteiger partial charge < -0.3 is 10.1 Å². The summed E-state index contributed by atoms with van der Waals surface area (Å²) in [6.45, 7) is 5.62. The summed E-state index contributed by atoms with van der Waals surface area (Å²) in [6, 6.07) is 19.3. The fourth-order valence-corrected chi connectivity index (χ4v) is 4.90. The second-order valence-electron chi connectivity index (χ2n) is 7.78. The normalized spacial score (nSPS) is 15.7. The fraction of sp³-hybridized carbons (Fsp3) is 0.208. The van der Waals surface area contributed by atoms with E-state index in [1.54, 1.807) is 48.5 Å². The smallest absolute Gasteiger partial charge is 0.267 e. The Morgan fingerprint density at radius 3 is 2.13 bits per heavy atom. The van der Waals surface area contributed by atoms with Crippen molar-refractivity contribution < 1.29 is 17.9 Å². The first-order valence-corrected chi connectivity index (χ1v) is 11.4. The SMILES string of the molecule is Cc1ccc(NC(=O)C2CN(S(=O)(=O)c3ccc(C)cc3)c3ccc(C)cc3O2)cc1. The molecule has 0 fully saturated rings. The molecule has 0 bridgehead atoms. The number of ether oxygens (including phenoxy) is 1. The van der Waals surface area contributed by atoms with Crippen LogP contribution in [0.5, 0.6) is 5.75 Å². The van der Waals surface area contributed by atoms with E-state index in [4.69, 9.17) is 4.74 Å². The molecule has 4 rings (SSSR count). The number of sulfonamides is 1. The minimum absolute atomic E-state index is 0.121. The minimum Gasteiger partial charge on any atom is -0.476 e. The number of fused-ring (bicyclic) bond motifs is 1. The summed E-state index contributed by atoms with van der Waals surface area (Å²) in [5.74, 6) is -0.0360. The molecule has 0 aliphatic carbocycles. The van der Waals surface area contributed by atoms with Crippen LogP contribution in [0.4, 0.5) is 11.4 Å². The van der Waals surface area contributed by atoms with Gasteiger partial charge in [0, 0.05) is 5.69 Å². The van der Waals surface area contributed by atoms with Crippen LogP contribution in [0.2, 0.25) is 0 Å². The molecule has 1 aliphatic rings. The summed E-state index contributed by atoms with van der Waals surface area (Å²) in [5.41, 5.74) is 4.00. The molecule has 1 atom stereocenters. The van der Waals surface area contributed by atoms with Crippen LogP contribution in [0, 0.1) is 20.8 Å². The van der Waals surface area contributed by atoms with Crippen molar-refractivity contribution in [2.45, 2.75) is 31.8 Å². The number of nitrogens with one attached hydrogen (secondary N) is 1. The van der Waals surface area contributed by atoms with Crippen molar-refractivity contribution in [1.29, 1.82) is 0 Å². The van der Waals surface area contributed by atoms with Gasteiger partial charge in [0.1, 0.15) is 5.75 Å². The van der Waals surface area contributed by atoms with E-state index in [2.05, 4.69) is 5.32 Å². The standard InChI is InChI=1S/C24H24N2O4S/c1-16-4-9-19(10-5-16)25-24(27)23-15-26(21-13-8-18(3)14-22(21)30-23)31(28,29)20-11-6-17(2)7-12-20/h4-14,23H,15H2,1-3H3,(H,25,27). The Bertz CT molecular complexity index is 1220. The number of benzene rings is 3. The number of rotatable bonds is 4. The second kappa shape index (κ2) is 8.07. The quantitative estimate of drug-likeness (QED) is 0.665. The topological polar surface area (TPSA) is 75.7 Å². The lowest BCUT2D eigenvalue weighted by Gasteiger charge is -2.35. The van der Waals surface area contributed by atoms with E-state index in [0.29, 0.717) is 17.1 Å². The van der Waals surface area contributed by atoms with E-state index in [1.165, 1.54) is 4.31 Å². The van der Waals surface area contributed by atoms with Gasteiger partial charge in [0.15, 0.2) is 6.10 Å². The lowest BCUT2D eigenvalue weighted by Crippen LogP contribution is -2.48. The zero-order valence-corrected chi connectivity index (χ0v) is 18.4. The van der Waals surface area contributed by atoms with E-state index in [9.17, 15) is 13.2 Å². The van der Waals surface area contributed by atoms with Crippen molar-refractivity contribution in [3.8, 4) is 5.75 Å². The molecule has 1 amide bonds. The first kappa shape index (κ1) is 20.9. The first-order valence-electron chi connectivity index (χ1n) is 9.98. The summed E-state index contributed by atoms with van der Waals surface area (Å²) < 4.78 is 34.1. The van der Waals surface area contributed by atoms with Crippen LogP contribution < -0.4 is 14.4 Å². The van der Waals surface area contributed by atoms with Crippen LogP contribution in [0.15, 0.2) is 71.6 Å². The predicted octanol–water partition coefficient (Wildman–Crippen LogP) is 4.21. The number of nitrogens with zero attached hydrogens (tertiary/aromatic N) is 1. The molecule has 0 radical (unpaired) electrons. The maximum atomic E-state index is 13.4. The van der Waals surface area contributed by atoms with Gasteiger partial charge in [-0.2, -0.15) is 0 Å². The van der Waals surface area contributed by atoms with Crippen LogP contribution in [0.3, 0.4) is 0 Å². The largest absolute Gasteiger partial charge is 0.476 e. The molecule has 6 nitrogen and oxygen atoms in total. The number of aryl methyl sites for hydroxylation is 3. The Kier molecular flexibility index (Phi) is 5.45. The third kappa shape index (κ3) is 4.27. The highest BCUT2D eigenvalue weighted by Gasteiger charge is 2.37. The highest BCUT2D eigenvalue weighted by Crippen LogP contribution is 2.38. The summed E-state index contributed by atoms with van der Waals surface area (Å²) in [4.78, 5) is 13.1. The maximum absolute atomic E-state index is 13.4. The molecule has 3 aromatic rings. The first-order chi connectivity index (χ1) is 14.7. The molecule has 0 saturated heterocycles. The monoisotopic (exact) mass is 436 g/mol. The van der Waals surface area contributed by atoms with Gasteiger partial charge in [-0.25, -0.2) is 8.42 Å². The number of carbonyl (C=O) groups excluding carboxylic acids is 1. The van der Waals surface area contributed by atoms with Gasteiger partial charge in [-0.15, -0.1) is 0 Å². The lowest BCUT2D eigenvalue weighted by atomic mass is 10.1. The summed E-state index contributed by atoms with van der Waals surface area (Å²) >= 11 is 0. The zero-order chi connectivity index (χ0) is 22.2. The van der Waals surface area contributed by atoms with Gasteiger partial charge in [-0.05, 0) is 62.7 Å². The highest BCUT2D eigenvalue weighted by atomic mass is 32.2. The van der Waals surface area contributed by atoms with Crippen molar-refractivity contribution in [1.82, 2.24) is 0 Å². The molecule has 31 heavy (non-hydrogen) atoms. The molecule has 0 aromatic heterocycles. The summed E-state index contributed by atoms with van der Waals surface area (Å²) in [6.07, 6.45) is -0.990. The van der Waals surface area contributed by atoms with Gasteiger partial charge in [-0.3, -0.25) is 9.10 Å². The fourth-order valence-electron chi connectivity index (χ4n) is 3.42. The summed E-state index contributed by atoms with van der Waals surface area (Å²) in [5, 5.41) is 2.82. The van der Waals surface area contributed by atoms with Crippen LogP contribution in [-0.4, -0.2) is 27.0 Å². The molecule has 160 valence electrons. The molecule has 7 heteroatoms. The number of hydrogen-bond donors (Lipinski definition) is 1. The summed E-state index contributed by atoms with van der Waals surface area (Å²) in [7, 11) is -3.88. The number of hydrogen-bond acceptors (Lipinski definition) is 4. The second-order valence-corrected chi connectivity index (χ2v) is 9.64. The zero-order valence-electron chi connectivity index (χ0n) is 17.6. The molecular weight excluding hydrogens is 412 g/mol. The molecule has 0 spiro atoms. The highest BCUT2D eigenvalue weighted by molar-refractivity contribution is 7.92. The van der Waals surface area contributed by atoms with Gasteiger partial charge in [0.05, 0.1) is 17.1 Å². The Hall–Kier alpha value is -3.32. The van der Waals surface area contributed by atoms with Crippen molar-refractivity contribution >= 4 is 27.3 Å². The van der Waals surface area contributed by atoms with Crippen LogP contribution in [0.25, 0.3) is 0 Å². The lowest BCUT2D eigenvalue weighted by molar-refractivity contribution is -0.122. The third-order valence-corrected chi connectivity index (χ3v) is 7.00. The van der Waals surface area contributed by atoms with Crippen molar-refractivity contribution in [3.63, 3.8) is 0 Å². The predicted molar refractivity (Wildman–Crippen MR) is 121 cm³/mol. The van der Waals surface area contributed by atoms with Crippen LogP contribution in [-0.2, 0) is 14.8 Å². The van der Waals surface area contributed by atoms with E-state index in [-0.39, 0.29) is 11.4 Å². The average molecular weight is 437 g/mol. The Morgan fingerprint density at radius 2 is 1.48 bits per heavy atom. The van der Waals surface area contributed by atoms with E-state index < -0.39 is 22.0 Å². The van der Waals surface area contributed by atoms with Gasteiger partial charge in [0.2, 0.25) is 0 Å². The van der Waals surface area contributed by atoms with Gasteiger partial charge in [-0.1, -0.05) is 41.5 Å². The number of anilines is 2. The van der Waals surface area contributed by atoms with E-state index in [0.717, 1.165) is 16.7 Å². The van der Waals surface area contributed by atoms with Crippen LogP contribution in [0.1, 0.15) is 16.7 Å².